The van der Waals surface area contributed by atoms with Crippen molar-refractivity contribution in [3.05, 3.63) is 31.9 Å². The van der Waals surface area contributed by atoms with Crippen LogP contribution in [0.25, 0.3) is 0 Å². The highest BCUT2D eigenvalue weighted by Crippen LogP contribution is 2.64. The van der Waals surface area contributed by atoms with E-state index in [4.69, 9.17) is 9.68 Å². The third-order valence-electron chi connectivity index (χ3n) is 8.15. The maximum absolute atomic E-state index is 12.5. The van der Waals surface area contributed by atoms with Crippen molar-refractivity contribution in [3.8, 4) is 0 Å². The number of ketones is 1. The minimum absolute atomic E-state index is 0.0183. The number of fused-ring (bicyclic) bond motifs is 5. The fourth-order valence-electron chi connectivity index (χ4n) is 6.84. The van der Waals surface area contributed by atoms with E-state index in [1.54, 1.807) is 0 Å². The first-order valence-corrected chi connectivity index (χ1v) is 10.1. The van der Waals surface area contributed by atoms with Gasteiger partial charge >= 0.3 is 0 Å². The summed E-state index contributed by atoms with van der Waals surface area (Å²) in [4.78, 5) is 44.0. The second-order valence-electron chi connectivity index (χ2n) is 9.11. The Morgan fingerprint density at radius 2 is 1.93 bits per heavy atom. The molecule has 4 rings (SSSR count). The fourth-order valence-corrected chi connectivity index (χ4v) is 6.84. The third kappa shape index (κ3) is 2.86. The number of rotatable bonds is 5. The van der Waals surface area contributed by atoms with Crippen LogP contribution in [0.15, 0.2) is 11.6 Å². The molecule has 28 heavy (non-hydrogen) atoms. The molecule has 0 aromatic carbocycles. The molecule has 9 heteroatoms. The lowest BCUT2D eigenvalue weighted by Crippen LogP contribution is -2.53. The molecular formula is C19H26N2O7. The van der Waals surface area contributed by atoms with Gasteiger partial charge in [0.1, 0.15) is 18.5 Å². The van der Waals surface area contributed by atoms with Crippen LogP contribution in [-0.2, 0) is 14.5 Å². The second-order valence-corrected chi connectivity index (χ2v) is 9.11. The van der Waals surface area contributed by atoms with Crippen LogP contribution in [0.1, 0.15) is 58.3 Å². The zero-order valence-electron chi connectivity index (χ0n) is 16.0. The summed E-state index contributed by atoms with van der Waals surface area (Å²) in [5.74, 6) is 1.16. The van der Waals surface area contributed by atoms with Gasteiger partial charge in [-0.05, 0) is 62.7 Å². The van der Waals surface area contributed by atoms with Gasteiger partial charge in [0.2, 0.25) is 0 Å². The van der Waals surface area contributed by atoms with Crippen LogP contribution in [0.5, 0.6) is 0 Å². The van der Waals surface area contributed by atoms with E-state index in [1.807, 2.05) is 0 Å². The van der Waals surface area contributed by atoms with Gasteiger partial charge in [0.05, 0.1) is 0 Å². The fraction of sp³-hybridized carbons (Fsp3) is 0.842. The number of allylic oxidation sites excluding steroid dienone is 1. The molecule has 154 valence electrons. The summed E-state index contributed by atoms with van der Waals surface area (Å²) in [6, 6.07) is 0. The normalized spacial score (nSPS) is 41.9. The first-order chi connectivity index (χ1) is 13.3. The van der Waals surface area contributed by atoms with Gasteiger partial charge < -0.3 is 9.68 Å². The zero-order valence-corrected chi connectivity index (χ0v) is 16.0. The number of nitrogens with zero attached hydrogens (tertiary/aromatic N) is 2. The maximum atomic E-state index is 12.5. The molecule has 0 bridgehead atoms. The molecule has 9 nitrogen and oxygen atoms in total. The number of carbonyl (C=O) groups excluding carboxylic acids is 1. The molecule has 0 N–H and O–H groups in total. The lowest BCUT2D eigenvalue weighted by molar-refractivity contribution is -0.770. The van der Waals surface area contributed by atoms with E-state index in [0.717, 1.165) is 31.3 Å². The molecule has 0 aromatic heterocycles. The molecular weight excluding hydrogens is 368 g/mol. The van der Waals surface area contributed by atoms with E-state index in [2.05, 4.69) is 13.0 Å². The highest BCUT2D eigenvalue weighted by Gasteiger charge is 2.60. The Morgan fingerprint density at radius 1 is 1.14 bits per heavy atom. The van der Waals surface area contributed by atoms with Crippen molar-refractivity contribution >= 4 is 5.78 Å². The van der Waals surface area contributed by atoms with E-state index >= 15 is 0 Å². The van der Waals surface area contributed by atoms with Crippen LogP contribution < -0.4 is 0 Å². The van der Waals surface area contributed by atoms with Crippen LogP contribution in [0.2, 0.25) is 0 Å². The molecule has 0 aliphatic heterocycles. The first kappa shape index (κ1) is 19.1. The average Bonchev–Trinajstić information content (AvgIpc) is 2.94. The van der Waals surface area contributed by atoms with Gasteiger partial charge in [0.15, 0.2) is 0 Å². The maximum Gasteiger partial charge on any atom is 0.294 e. The van der Waals surface area contributed by atoms with E-state index in [0.29, 0.717) is 43.3 Å². The summed E-state index contributed by atoms with van der Waals surface area (Å²) in [6.45, 7) is 2.07. The average molecular weight is 394 g/mol. The van der Waals surface area contributed by atoms with E-state index in [-0.39, 0.29) is 17.9 Å². The Balaban J connectivity index is 1.65. The van der Waals surface area contributed by atoms with Crippen molar-refractivity contribution in [2.24, 2.45) is 28.6 Å². The van der Waals surface area contributed by atoms with Crippen LogP contribution >= 0.6 is 0 Å². The number of carbonyl (C=O) groups is 1. The zero-order chi connectivity index (χ0) is 20.1. The molecule has 4 aliphatic rings. The molecule has 0 aromatic rings. The lowest BCUT2D eigenvalue weighted by atomic mass is 9.47. The minimum Gasteiger partial charge on any atom is -0.313 e. The predicted molar refractivity (Wildman–Crippen MR) is 95.8 cm³/mol. The Morgan fingerprint density at radius 3 is 2.64 bits per heavy atom. The Kier molecular flexibility index (Phi) is 4.58. The number of hydrogen-bond donors (Lipinski definition) is 0. The molecule has 0 saturated heterocycles. The summed E-state index contributed by atoms with van der Waals surface area (Å²) in [6.07, 6.45) is 7.02. The predicted octanol–water partition coefficient (Wildman–Crippen LogP) is 3.28. The molecule has 6 atom stereocenters. The first-order valence-electron chi connectivity index (χ1n) is 10.1. The summed E-state index contributed by atoms with van der Waals surface area (Å²) in [5.41, 5.74) is 0.241. The van der Waals surface area contributed by atoms with Crippen LogP contribution in [-0.4, -0.2) is 28.7 Å². The molecule has 3 saturated carbocycles. The van der Waals surface area contributed by atoms with Gasteiger partial charge in [0.25, 0.3) is 10.2 Å². The molecule has 0 spiro atoms. The van der Waals surface area contributed by atoms with Gasteiger partial charge in [-0.2, -0.15) is 0 Å². The van der Waals surface area contributed by atoms with Gasteiger partial charge in [0, 0.05) is 17.3 Å². The summed E-state index contributed by atoms with van der Waals surface area (Å²) >= 11 is 0. The summed E-state index contributed by atoms with van der Waals surface area (Å²) < 4.78 is 0. The van der Waals surface area contributed by atoms with Crippen molar-refractivity contribution in [2.45, 2.75) is 64.4 Å². The Hall–Kier alpha value is -2.19. The van der Waals surface area contributed by atoms with E-state index in [9.17, 15) is 25.0 Å². The third-order valence-corrected chi connectivity index (χ3v) is 8.15. The Bertz CT molecular complexity index is 738. The monoisotopic (exact) mass is 394 g/mol. The summed E-state index contributed by atoms with van der Waals surface area (Å²) in [5, 5.41) is 20.2. The van der Waals surface area contributed by atoms with Crippen molar-refractivity contribution in [1.29, 1.82) is 0 Å². The molecule has 0 unspecified atom stereocenters. The Labute approximate surface area is 162 Å². The highest BCUT2D eigenvalue weighted by molar-refractivity contribution is 5.87. The molecule has 0 amide bonds. The highest BCUT2D eigenvalue weighted by atomic mass is 17.0. The van der Waals surface area contributed by atoms with Gasteiger partial charge in [-0.25, -0.2) is 0 Å². The number of Topliss-reactive ketones (excluding diaryl/α,β-unsaturated/α-hetero) is 1. The van der Waals surface area contributed by atoms with Crippen LogP contribution in [0, 0.1) is 48.8 Å². The van der Waals surface area contributed by atoms with Crippen molar-refractivity contribution < 1.29 is 24.6 Å². The largest absolute Gasteiger partial charge is 0.313 e. The van der Waals surface area contributed by atoms with Crippen LogP contribution in [0.3, 0.4) is 0 Å². The summed E-state index contributed by atoms with van der Waals surface area (Å²) in [7, 11) is 0. The van der Waals surface area contributed by atoms with Crippen molar-refractivity contribution in [2.75, 3.05) is 6.61 Å². The van der Waals surface area contributed by atoms with E-state index < -0.39 is 21.7 Å². The smallest absolute Gasteiger partial charge is 0.294 e. The topological polar surface area (TPSA) is 122 Å². The van der Waals surface area contributed by atoms with Gasteiger partial charge in [-0.1, -0.05) is 18.6 Å². The van der Waals surface area contributed by atoms with Gasteiger partial charge in [-0.3, -0.25) is 4.79 Å². The SMILES string of the molecule is C[C@]12CC[C@H]3[C@@H](CC=C4C[C@@H](O[N+](=O)[O-])CC[C@@]43CO[N+](=O)[O-])[C@@H]1CCC2=O. The van der Waals surface area contributed by atoms with Crippen molar-refractivity contribution in [1.82, 2.24) is 0 Å². The molecule has 0 radical (unpaired) electrons. The van der Waals surface area contributed by atoms with Gasteiger partial charge in [-0.15, -0.1) is 20.2 Å². The van der Waals surface area contributed by atoms with Crippen LogP contribution in [0.4, 0.5) is 0 Å². The van der Waals surface area contributed by atoms with E-state index in [1.165, 1.54) is 0 Å². The lowest BCUT2D eigenvalue weighted by Gasteiger charge is -2.57. The molecule has 3 fully saturated rings. The minimum atomic E-state index is -0.756. The molecule has 4 aliphatic carbocycles. The standard InChI is InChI=1S/C19H26N2O7/c1-18-8-7-16-14(15(18)4-5-17(18)22)3-2-12-10-13(28-21(25)26)6-9-19(12,16)11-27-20(23)24/h2,13-16H,3-11H2,1H3/t13-,14-,15-,16-,18-,19+/m0/s1. The number of hydrogen-bond acceptors (Lipinski definition) is 7. The quantitative estimate of drug-likeness (QED) is 0.398. The molecule has 0 heterocycles. The second kappa shape index (κ2) is 6.70. The van der Waals surface area contributed by atoms with Crippen molar-refractivity contribution in [3.63, 3.8) is 0 Å².